The minimum atomic E-state index is -4.74. The van der Waals surface area contributed by atoms with E-state index in [-0.39, 0.29) is 23.5 Å². The molecule has 0 amide bonds. The topological polar surface area (TPSA) is 77.3 Å². The molecule has 5 nitrogen and oxygen atoms in total. The van der Waals surface area contributed by atoms with Crippen LogP contribution in [0.4, 0.5) is 13.2 Å². The van der Waals surface area contributed by atoms with Crippen molar-refractivity contribution in [3.05, 3.63) is 70.1 Å². The van der Waals surface area contributed by atoms with Crippen molar-refractivity contribution in [2.45, 2.75) is 69.9 Å². The molecule has 0 bridgehead atoms. The molecular weight excluding hydrogens is 445 g/mol. The third-order valence-electron chi connectivity index (χ3n) is 6.98. The number of aromatic amines is 1. The first kappa shape index (κ1) is 24.1. The Balaban J connectivity index is 1.55. The van der Waals surface area contributed by atoms with Crippen molar-refractivity contribution < 1.29 is 22.6 Å². The van der Waals surface area contributed by atoms with E-state index in [4.69, 9.17) is 10.5 Å². The first-order valence-corrected chi connectivity index (χ1v) is 11.5. The zero-order valence-corrected chi connectivity index (χ0v) is 19.2. The number of nitrogens with two attached hydrogens (primary N) is 1. The Morgan fingerprint density at radius 1 is 1.18 bits per heavy atom. The molecule has 0 aliphatic heterocycles. The number of benzene rings is 2. The molecule has 1 aromatic heterocycles. The number of aryl methyl sites for hydroxylation is 1. The number of hydrogen-bond acceptors (Lipinski definition) is 4. The summed E-state index contributed by atoms with van der Waals surface area (Å²) in [6.45, 7) is 3.90. The van der Waals surface area contributed by atoms with Gasteiger partial charge >= 0.3 is 6.36 Å². The lowest BCUT2D eigenvalue weighted by molar-refractivity contribution is -0.274. The van der Waals surface area contributed by atoms with Crippen LogP contribution < -0.4 is 20.8 Å². The van der Waals surface area contributed by atoms with Gasteiger partial charge in [-0.05, 0) is 85.9 Å². The van der Waals surface area contributed by atoms with E-state index in [1.165, 1.54) is 12.1 Å². The molecule has 1 heterocycles. The minimum Gasteiger partial charge on any atom is -0.490 e. The SMILES string of the molecule is CC[C@@H](N)C1(c2cccc(OC(F)(F)F)c2)CCC(Oc2cc3cc[nH]c(=O)c3cc2C)CC1. The fraction of sp³-hybridized carbons (Fsp3) is 0.423. The number of nitrogens with one attached hydrogen (secondary N) is 1. The number of rotatable bonds is 6. The maximum absolute atomic E-state index is 12.8. The molecule has 1 atom stereocenters. The molecule has 1 aliphatic rings. The first-order chi connectivity index (χ1) is 16.1. The van der Waals surface area contributed by atoms with Crippen molar-refractivity contribution in [1.29, 1.82) is 0 Å². The summed E-state index contributed by atoms with van der Waals surface area (Å²) in [7, 11) is 0. The highest BCUT2D eigenvalue weighted by Crippen LogP contribution is 2.44. The number of fused-ring (bicyclic) bond motifs is 1. The standard InChI is InChI=1S/C26H29F3N2O3/c1-3-23(30)25(18-5-4-6-20(15-18)34-26(27,28)29)10-7-19(8-11-25)33-22-14-17-9-12-31-24(32)21(17)13-16(22)2/h4-6,9,12-15,19,23H,3,7-8,10-11,30H2,1-2H3,(H,31,32)/t19?,23-,25?/m1/s1. The van der Waals surface area contributed by atoms with E-state index in [2.05, 4.69) is 9.72 Å². The highest BCUT2D eigenvalue weighted by molar-refractivity contribution is 5.83. The predicted octanol–water partition coefficient (Wildman–Crippen LogP) is 5.73. The normalized spacial score (nSPS) is 21.9. The van der Waals surface area contributed by atoms with Gasteiger partial charge in [0, 0.05) is 23.0 Å². The number of pyridine rings is 1. The molecule has 1 saturated carbocycles. The van der Waals surface area contributed by atoms with Gasteiger partial charge < -0.3 is 20.2 Å². The molecule has 182 valence electrons. The van der Waals surface area contributed by atoms with Crippen molar-refractivity contribution in [2.75, 3.05) is 0 Å². The van der Waals surface area contributed by atoms with Gasteiger partial charge in [-0.25, -0.2) is 0 Å². The maximum atomic E-state index is 12.8. The Bertz CT molecular complexity index is 1210. The van der Waals surface area contributed by atoms with Gasteiger partial charge in [-0.2, -0.15) is 0 Å². The molecule has 0 radical (unpaired) electrons. The van der Waals surface area contributed by atoms with Crippen molar-refractivity contribution in [1.82, 2.24) is 4.98 Å². The number of hydrogen-bond donors (Lipinski definition) is 2. The number of aromatic nitrogens is 1. The molecule has 3 N–H and O–H groups in total. The molecular formula is C26H29F3N2O3. The number of H-pyrrole nitrogens is 1. The van der Waals surface area contributed by atoms with E-state index >= 15 is 0 Å². The summed E-state index contributed by atoms with van der Waals surface area (Å²) < 4.78 is 48.8. The molecule has 34 heavy (non-hydrogen) atoms. The average Bonchev–Trinajstić information content (AvgIpc) is 2.79. The van der Waals surface area contributed by atoms with E-state index in [0.717, 1.165) is 22.3 Å². The van der Waals surface area contributed by atoms with Crippen molar-refractivity contribution in [2.24, 2.45) is 5.73 Å². The summed E-state index contributed by atoms with van der Waals surface area (Å²) in [4.78, 5) is 14.7. The van der Waals surface area contributed by atoms with Gasteiger partial charge in [0.25, 0.3) is 5.56 Å². The molecule has 1 fully saturated rings. The Morgan fingerprint density at radius 2 is 1.91 bits per heavy atom. The molecule has 0 saturated heterocycles. The number of alkyl halides is 3. The molecule has 0 unspecified atom stereocenters. The lowest BCUT2D eigenvalue weighted by Gasteiger charge is -2.44. The van der Waals surface area contributed by atoms with Crippen LogP contribution in [0, 0.1) is 6.92 Å². The first-order valence-electron chi connectivity index (χ1n) is 11.5. The van der Waals surface area contributed by atoms with Crippen LogP contribution in [0.3, 0.4) is 0 Å². The number of ether oxygens (including phenoxy) is 2. The van der Waals surface area contributed by atoms with Gasteiger partial charge in [-0.1, -0.05) is 19.1 Å². The summed E-state index contributed by atoms with van der Waals surface area (Å²) in [6.07, 6.45) is 0.325. The summed E-state index contributed by atoms with van der Waals surface area (Å²) in [5.41, 5.74) is 7.61. The van der Waals surface area contributed by atoms with E-state index < -0.39 is 11.8 Å². The zero-order chi connectivity index (χ0) is 24.5. The van der Waals surface area contributed by atoms with Crippen LogP contribution >= 0.6 is 0 Å². The molecule has 3 aromatic rings. The summed E-state index contributed by atoms with van der Waals surface area (Å²) in [5, 5.41) is 1.42. The monoisotopic (exact) mass is 474 g/mol. The van der Waals surface area contributed by atoms with Crippen molar-refractivity contribution >= 4 is 10.8 Å². The van der Waals surface area contributed by atoms with Gasteiger partial charge in [0.2, 0.25) is 0 Å². The Labute approximate surface area is 196 Å². The van der Waals surface area contributed by atoms with E-state index in [0.29, 0.717) is 37.5 Å². The molecule has 2 aromatic carbocycles. The van der Waals surface area contributed by atoms with Crippen LogP contribution in [0.1, 0.15) is 50.2 Å². The third kappa shape index (κ3) is 4.92. The van der Waals surface area contributed by atoms with Gasteiger partial charge in [0.15, 0.2) is 0 Å². The second-order valence-corrected chi connectivity index (χ2v) is 9.08. The lowest BCUT2D eigenvalue weighted by atomic mass is 9.64. The summed E-state index contributed by atoms with van der Waals surface area (Å²) >= 11 is 0. The molecule has 8 heteroatoms. The van der Waals surface area contributed by atoms with Crippen LogP contribution in [-0.4, -0.2) is 23.5 Å². The van der Waals surface area contributed by atoms with Gasteiger partial charge in [0.1, 0.15) is 11.5 Å². The Morgan fingerprint density at radius 3 is 2.59 bits per heavy atom. The van der Waals surface area contributed by atoms with Crippen LogP contribution in [0.25, 0.3) is 10.8 Å². The average molecular weight is 475 g/mol. The van der Waals surface area contributed by atoms with Gasteiger partial charge in [0.05, 0.1) is 6.10 Å². The van der Waals surface area contributed by atoms with Crippen molar-refractivity contribution in [3.63, 3.8) is 0 Å². The van der Waals surface area contributed by atoms with Crippen LogP contribution in [0.15, 0.2) is 53.5 Å². The fourth-order valence-electron chi connectivity index (χ4n) is 5.12. The number of halogens is 3. The Hall–Kier alpha value is -3.00. The Kier molecular flexibility index (Phi) is 6.62. The van der Waals surface area contributed by atoms with Crippen LogP contribution in [-0.2, 0) is 5.41 Å². The minimum absolute atomic E-state index is 0.0510. The summed E-state index contributed by atoms with van der Waals surface area (Å²) in [5.74, 6) is 0.504. The smallest absolute Gasteiger partial charge is 0.490 e. The van der Waals surface area contributed by atoms with E-state index in [1.807, 2.05) is 38.1 Å². The molecule has 1 aliphatic carbocycles. The quantitative estimate of drug-likeness (QED) is 0.478. The van der Waals surface area contributed by atoms with E-state index in [9.17, 15) is 18.0 Å². The van der Waals surface area contributed by atoms with Gasteiger partial charge in [-0.15, -0.1) is 13.2 Å². The maximum Gasteiger partial charge on any atom is 0.573 e. The molecule has 0 spiro atoms. The summed E-state index contributed by atoms with van der Waals surface area (Å²) in [6, 6.07) is 11.6. The predicted molar refractivity (Wildman–Crippen MR) is 125 cm³/mol. The highest BCUT2D eigenvalue weighted by atomic mass is 19.4. The lowest BCUT2D eigenvalue weighted by Crippen LogP contribution is -2.48. The zero-order valence-electron chi connectivity index (χ0n) is 19.2. The second-order valence-electron chi connectivity index (χ2n) is 9.08. The largest absolute Gasteiger partial charge is 0.573 e. The third-order valence-corrected chi connectivity index (χ3v) is 6.98. The molecule has 4 rings (SSSR count). The van der Waals surface area contributed by atoms with Crippen molar-refractivity contribution in [3.8, 4) is 11.5 Å². The second kappa shape index (κ2) is 9.33. The van der Waals surface area contributed by atoms with Crippen LogP contribution in [0.5, 0.6) is 11.5 Å². The van der Waals surface area contributed by atoms with Crippen LogP contribution in [0.2, 0.25) is 0 Å². The highest BCUT2D eigenvalue weighted by Gasteiger charge is 2.42. The van der Waals surface area contributed by atoms with Gasteiger partial charge in [-0.3, -0.25) is 4.79 Å². The van der Waals surface area contributed by atoms with E-state index in [1.54, 1.807) is 12.3 Å². The fourth-order valence-corrected chi connectivity index (χ4v) is 5.12.